The van der Waals surface area contributed by atoms with Crippen molar-refractivity contribution >= 4 is 17.6 Å². The van der Waals surface area contributed by atoms with E-state index in [1.54, 1.807) is 0 Å². The molecule has 1 aliphatic rings. The third-order valence-corrected chi connectivity index (χ3v) is 4.15. The summed E-state index contributed by atoms with van der Waals surface area (Å²) in [5.41, 5.74) is -3.17. The van der Waals surface area contributed by atoms with E-state index in [-0.39, 0.29) is 18.0 Å². The molecule has 0 atom stereocenters. The maximum Gasteiger partial charge on any atom is 0.417 e. The second-order valence-corrected chi connectivity index (χ2v) is 6.54. The number of alkyl halides is 3. The van der Waals surface area contributed by atoms with Crippen LogP contribution in [0.2, 0.25) is 0 Å². The molecule has 0 saturated carbocycles. The van der Waals surface area contributed by atoms with E-state index < -0.39 is 34.8 Å². The van der Waals surface area contributed by atoms with Crippen LogP contribution in [0.15, 0.2) is 12.1 Å². The molecule has 6 nitrogen and oxygen atoms in total. The van der Waals surface area contributed by atoms with Gasteiger partial charge in [0.05, 0.1) is 30.0 Å². The van der Waals surface area contributed by atoms with Gasteiger partial charge in [-0.3, -0.25) is 4.79 Å². The van der Waals surface area contributed by atoms with Gasteiger partial charge in [-0.2, -0.15) is 18.4 Å². The molecule has 9 heteroatoms. The number of carbonyl (C=O) groups excluding carboxylic acids is 2. The van der Waals surface area contributed by atoms with E-state index in [9.17, 15) is 22.8 Å². The predicted molar refractivity (Wildman–Crippen MR) is 89.3 cm³/mol. The van der Waals surface area contributed by atoms with Crippen LogP contribution >= 0.6 is 0 Å². The zero-order valence-corrected chi connectivity index (χ0v) is 15.1. The number of benzene rings is 1. The lowest BCUT2D eigenvalue weighted by molar-refractivity contribution is -0.138. The minimum Gasteiger partial charge on any atom is -0.476 e. The van der Waals surface area contributed by atoms with Gasteiger partial charge in [-0.05, 0) is 38.8 Å². The molecular formula is C18H19F3N2O4. The molecule has 0 aliphatic carbocycles. The number of halogens is 3. The molecule has 0 bridgehead atoms. The van der Waals surface area contributed by atoms with Crippen molar-refractivity contribution in [3.63, 3.8) is 0 Å². The number of methoxy groups -OCH3 is 1. The Kier molecular flexibility index (Phi) is 5.68. The molecule has 1 aromatic carbocycles. The van der Waals surface area contributed by atoms with E-state index in [1.165, 1.54) is 18.7 Å². The Labute approximate surface area is 154 Å². The largest absolute Gasteiger partial charge is 0.476 e. The maximum absolute atomic E-state index is 13.4. The van der Waals surface area contributed by atoms with Crippen LogP contribution in [-0.4, -0.2) is 31.1 Å². The second-order valence-electron chi connectivity index (χ2n) is 6.54. The average Bonchev–Trinajstić information content (AvgIpc) is 2.59. The van der Waals surface area contributed by atoms with Crippen molar-refractivity contribution < 1.29 is 32.2 Å². The number of nitriles is 1. The number of hydrogen-bond acceptors (Lipinski definition) is 5. The van der Waals surface area contributed by atoms with Crippen LogP contribution in [0, 0.1) is 11.3 Å². The first-order chi connectivity index (χ1) is 12.5. The van der Waals surface area contributed by atoms with Crippen molar-refractivity contribution in [2.24, 2.45) is 0 Å². The zero-order chi connectivity index (χ0) is 20.4. The highest BCUT2D eigenvalue weighted by Gasteiger charge is 2.44. The van der Waals surface area contributed by atoms with Crippen LogP contribution in [0.5, 0.6) is 5.75 Å². The van der Waals surface area contributed by atoms with Gasteiger partial charge in [0.2, 0.25) is 0 Å². The number of fused-ring (bicyclic) bond motifs is 1. The minimum absolute atomic E-state index is 0.0738. The molecule has 1 aromatic rings. The van der Waals surface area contributed by atoms with Gasteiger partial charge >= 0.3 is 12.1 Å². The van der Waals surface area contributed by atoms with E-state index >= 15 is 0 Å². The quantitative estimate of drug-likeness (QED) is 0.571. The summed E-state index contributed by atoms with van der Waals surface area (Å²) in [5.74, 6) is -1.74. The third kappa shape index (κ3) is 4.15. The van der Waals surface area contributed by atoms with Crippen LogP contribution in [0.3, 0.4) is 0 Å². The van der Waals surface area contributed by atoms with Crippen molar-refractivity contribution in [1.29, 1.82) is 5.26 Å². The number of rotatable bonds is 5. The first-order valence-corrected chi connectivity index (χ1v) is 8.24. The molecule has 1 aliphatic heterocycles. The SMILES string of the molecule is COC(=O)c1cc2c(cc1C(F)(F)F)OC(C)(C)C(=O)N2CCCCC#N. The molecule has 1 amide bonds. The Balaban J connectivity index is 2.57. The molecule has 1 heterocycles. The van der Waals surface area contributed by atoms with Crippen LogP contribution in [0.4, 0.5) is 18.9 Å². The van der Waals surface area contributed by atoms with Gasteiger partial charge in [-0.1, -0.05) is 0 Å². The molecule has 0 unspecified atom stereocenters. The van der Waals surface area contributed by atoms with E-state index in [1.807, 2.05) is 6.07 Å². The Morgan fingerprint density at radius 3 is 2.56 bits per heavy atom. The summed E-state index contributed by atoms with van der Waals surface area (Å²) in [6.45, 7) is 3.11. The second kappa shape index (κ2) is 7.47. The normalized spacial score (nSPS) is 15.6. The van der Waals surface area contributed by atoms with Gasteiger partial charge in [-0.25, -0.2) is 4.79 Å². The number of ether oxygens (including phenoxy) is 2. The molecule has 0 N–H and O–H groups in total. The van der Waals surface area contributed by atoms with Gasteiger partial charge in [0, 0.05) is 13.0 Å². The summed E-state index contributed by atoms with van der Waals surface area (Å²) < 4.78 is 50.1. The molecule has 0 aromatic heterocycles. The highest BCUT2D eigenvalue weighted by atomic mass is 19.4. The van der Waals surface area contributed by atoms with Crippen molar-refractivity contribution in [2.45, 2.75) is 44.9 Å². The molecule has 146 valence electrons. The van der Waals surface area contributed by atoms with Crippen LogP contribution in [0.25, 0.3) is 0 Å². The van der Waals surface area contributed by atoms with Crippen molar-refractivity contribution in [3.05, 3.63) is 23.3 Å². The van der Waals surface area contributed by atoms with Gasteiger partial charge in [0.15, 0.2) is 5.60 Å². The number of unbranched alkanes of at least 4 members (excludes halogenated alkanes) is 2. The summed E-state index contributed by atoms with van der Waals surface area (Å²) in [7, 11) is 0.979. The van der Waals surface area contributed by atoms with Crippen molar-refractivity contribution in [3.8, 4) is 11.8 Å². The minimum atomic E-state index is -4.80. The fourth-order valence-corrected chi connectivity index (χ4v) is 2.82. The monoisotopic (exact) mass is 384 g/mol. The smallest absolute Gasteiger partial charge is 0.417 e. The van der Waals surface area contributed by atoms with E-state index in [2.05, 4.69) is 4.74 Å². The number of carbonyl (C=O) groups is 2. The molecule has 0 saturated heterocycles. The lowest BCUT2D eigenvalue weighted by Crippen LogP contribution is -2.53. The fraction of sp³-hybridized carbons (Fsp3) is 0.500. The maximum atomic E-state index is 13.4. The lowest BCUT2D eigenvalue weighted by atomic mass is 9.99. The molecule has 0 radical (unpaired) electrons. The van der Waals surface area contributed by atoms with E-state index in [0.29, 0.717) is 19.3 Å². The van der Waals surface area contributed by atoms with Gasteiger partial charge in [0.1, 0.15) is 5.75 Å². The average molecular weight is 384 g/mol. The number of nitrogens with zero attached hydrogens (tertiary/aromatic N) is 2. The summed E-state index contributed by atoms with van der Waals surface area (Å²) in [4.78, 5) is 25.9. The molecular weight excluding hydrogens is 365 g/mol. The molecule has 2 rings (SSSR count). The van der Waals surface area contributed by atoms with E-state index in [4.69, 9.17) is 10.00 Å². The summed E-state index contributed by atoms with van der Waals surface area (Å²) in [5, 5.41) is 8.62. The summed E-state index contributed by atoms with van der Waals surface area (Å²) >= 11 is 0. The van der Waals surface area contributed by atoms with Crippen molar-refractivity contribution in [2.75, 3.05) is 18.6 Å². The van der Waals surface area contributed by atoms with Crippen LogP contribution < -0.4 is 9.64 Å². The van der Waals surface area contributed by atoms with Crippen LogP contribution in [0.1, 0.15) is 49.0 Å². The van der Waals surface area contributed by atoms with Gasteiger partial charge < -0.3 is 14.4 Å². The zero-order valence-electron chi connectivity index (χ0n) is 15.1. The van der Waals surface area contributed by atoms with Gasteiger partial charge in [0.25, 0.3) is 5.91 Å². The topological polar surface area (TPSA) is 79.6 Å². The highest BCUT2D eigenvalue weighted by Crippen LogP contribution is 2.44. The Morgan fingerprint density at radius 1 is 1.33 bits per heavy atom. The standard InChI is InChI=1S/C18H19F3N2O4/c1-17(2)16(25)23(8-6-4-5-7-22)13-9-11(15(24)26-3)12(18(19,20)21)10-14(13)27-17/h9-10H,4-6,8H2,1-3H3. The molecule has 27 heavy (non-hydrogen) atoms. The van der Waals surface area contributed by atoms with E-state index in [0.717, 1.165) is 19.2 Å². The van der Waals surface area contributed by atoms with Crippen LogP contribution in [-0.2, 0) is 15.7 Å². The first-order valence-electron chi connectivity index (χ1n) is 8.24. The summed E-state index contributed by atoms with van der Waals surface area (Å²) in [6, 6.07) is 3.69. The number of hydrogen-bond donors (Lipinski definition) is 0. The Hall–Kier alpha value is -2.76. The lowest BCUT2D eigenvalue weighted by Gasteiger charge is -2.39. The highest BCUT2D eigenvalue weighted by molar-refractivity contribution is 6.04. The molecule has 0 spiro atoms. The Morgan fingerprint density at radius 2 is 2.00 bits per heavy atom. The Bertz CT molecular complexity index is 797. The third-order valence-electron chi connectivity index (χ3n) is 4.15. The van der Waals surface area contributed by atoms with Crippen molar-refractivity contribution in [1.82, 2.24) is 0 Å². The fourth-order valence-electron chi connectivity index (χ4n) is 2.82. The number of esters is 1. The predicted octanol–water partition coefficient (Wildman–Crippen LogP) is 3.69. The first kappa shape index (κ1) is 20.6. The summed E-state index contributed by atoms with van der Waals surface area (Å²) in [6.07, 6.45) is -3.49. The van der Waals surface area contributed by atoms with Gasteiger partial charge in [-0.15, -0.1) is 0 Å². The number of anilines is 1. The molecule has 0 fully saturated rings. The number of amides is 1.